The molecule has 2 aromatic carbocycles. The van der Waals surface area contributed by atoms with Crippen molar-refractivity contribution in [3.63, 3.8) is 0 Å². The third-order valence-corrected chi connectivity index (χ3v) is 4.57. The highest BCUT2D eigenvalue weighted by molar-refractivity contribution is 7.99. The number of aryl methyl sites for hydroxylation is 1. The molecule has 1 aromatic heterocycles. The summed E-state index contributed by atoms with van der Waals surface area (Å²) in [6.07, 6.45) is 7.81. The van der Waals surface area contributed by atoms with Crippen LogP contribution in [-0.2, 0) is 11.2 Å². The summed E-state index contributed by atoms with van der Waals surface area (Å²) in [4.78, 5) is 19.5. The maximum absolute atomic E-state index is 11.3. The van der Waals surface area contributed by atoms with Crippen LogP contribution >= 0.6 is 11.9 Å². The number of nitrogen functional groups attached to an aromatic ring is 1. The van der Waals surface area contributed by atoms with Crippen molar-refractivity contribution in [2.75, 3.05) is 16.7 Å². The largest absolute Gasteiger partial charge is 0.399 e. The second kappa shape index (κ2) is 8.55. The van der Waals surface area contributed by atoms with E-state index in [1.807, 2.05) is 36.6 Å². The zero-order valence-corrected chi connectivity index (χ0v) is 15.8. The maximum atomic E-state index is 11.3. The molecule has 7 heteroatoms. The van der Waals surface area contributed by atoms with Crippen LogP contribution in [-0.4, -0.2) is 22.1 Å². The van der Waals surface area contributed by atoms with E-state index in [0.29, 0.717) is 12.1 Å². The molecule has 0 fully saturated rings. The summed E-state index contributed by atoms with van der Waals surface area (Å²) in [5, 5.41) is 0. The highest BCUT2D eigenvalue weighted by Crippen LogP contribution is 2.33. The Morgan fingerprint density at radius 1 is 1.07 bits per heavy atom. The van der Waals surface area contributed by atoms with Crippen molar-refractivity contribution in [2.24, 2.45) is 5.73 Å². The summed E-state index contributed by atoms with van der Waals surface area (Å²) in [5.74, 6) is -0.327. The maximum Gasteiger partial charge on any atom is 0.217 e. The average molecular weight is 379 g/mol. The highest BCUT2D eigenvalue weighted by Gasteiger charge is 2.11. The lowest BCUT2D eigenvalue weighted by molar-refractivity contribution is -0.117. The van der Waals surface area contributed by atoms with Crippen LogP contribution in [0.15, 0.2) is 55.1 Å². The molecular formula is C20H21N5OS. The predicted molar refractivity (Wildman–Crippen MR) is 112 cm³/mol. The first kappa shape index (κ1) is 18.7. The summed E-state index contributed by atoms with van der Waals surface area (Å²) in [5.41, 5.74) is 18.0. The van der Waals surface area contributed by atoms with E-state index < -0.39 is 0 Å². The van der Waals surface area contributed by atoms with Crippen molar-refractivity contribution in [3.8, 4) is 22.3 Å². The summed E-state index contributed by atoms with van der Waals surface area (Å²) in [7, 11) is 0. The minimum atomic E-state index is -0.327. The fourth-order valence-electron chi connectivity index (χ4n) is 2.95. The first-order valence-electron chi connectivity index (χ1n) is 8.43. The molecule has 6 nitrogen and oxygen atoms in total. The Morgan fingerprint density at radius 3 is 2.56 bits per heavy atom. The van der Waals surface area contributed by atoms with E-state index in [-0.39, 0.29) is 12.3 Å². The van der Waals surface area contributed by atoms with Gasteiger partial charge in [0.15, 0.2) is 0 Å². The van der Waals surface area contributed by atoms with Crippen molar-refractivity contribution in [1.82, 2.24) is 9.97 Å². The summed E-state index contributed by atoms with van der Waals surface area (Å²) >= 11 is 1.50. The number of anilines is 2. The van der Waals surface area contributed by atoms with Crippen molar-refractivity contribution in [3.05, 3.63) is 60.7 Å². The number of rotatable bonds is 7. The van der Waals surface area contributed by atoms with Gasteiger partial charge in [0.1, 0.15) is 6.33 Å². The van der Waals surface area contributed by atoms with E-state index in [4.69, 9.17) is 11.5 Å². The number of carbonyl (C=O) groups is 1. The number of nitrogens with zero attached hydrogens (tertiary/aromatic N) is 2. The lowest BCUT2D eigenvalue weighted by Gasteiger charge is -2.14. The topological polar surface area (TPSA) is 107 Å². The fraction of sp³-hybridized carbons (Fsp3) is 0.150. The lowest BCUT2D eigenvalue weighted by atomic mass is 9.92. The van der Waals surface area contributed by atoms with Gasteiger partial charge < -0.3 is 16.2 Å². The molecule has 0 aliphatic rings. The second-order valence-corrected chi connectivity index (χ2v) is 6.73. The summed E-state index contributed by atoms with van der Waals surface area (Å²) < 4.78 is 3.21. The van der Waals surface area contributed by atoms with Crippen molar-refractivity contribution >= 4 is 29.2 Å². The molecule has 0 unspecified atom stereocenters. The van der Waals surface area contributed by atoms with Gasteiger partial charge in [-0.15, -0.1) is 0 Å². The molecule has 0 saturated carbocycles. The Hall–Kier alpha value is -3.06. The minimum Gasteiger partial charge on any atom is -0.399 e. The van der Waals surface area contributed by atoms with Crippen molar-refractivity contribution in [2.45, 2.75) is 12.8 Å². The number of primary amides is 1. The molecule has 0 spiro atoms. The van der Waals surface area contributed by atoms with Crippen molar-refractivity contribution in [1.29, 1.82) is 0 Å². The van der Waals surface area contributed by atoms with Gasteiger partial charge in [-0.05, 0) is 46.9 Å². The molecule has 1 heterocycles. The lowest BCUT2D eigenvalue weighted by Crippen LogP contribution is -2.11. The number of carbonyl (C=O) groups excluding carboxylic acids is 1. The molecule has 5 N–H and O–H groups in total. The number of hydrogen-bond acceptors (Lipinski definition) is 6. The van der Waals surface area contributed by atoms with Gasteiger partial charge in [-0.3, -0.25) is 4.79 Å². The van der Waals surface area contributed by atoms with E-state index in [2.05, 4.69) is 20.8 Å². The Bertz CT molecular complexity index is 946. The Morgan fingerprint density at radius 2 is 1.85 bits per heavy atom. The van der Waals surface area contributed by atoms with Gasteiger partial charge in [0.2, 0.25) is 5.91 Å². The van der Waals surface area contributed by atoms with Crippen LogP contribution in [0.5, 0.6) is 0 Å². The van der Waals surface area contributed by atoms with Crippen LogP contribution in [0.3, 0.4) is 0 Å². The summed E-state index contributed by atoms with van der Waals surface area (Å²) in [6.45, 7) is 0. The van der Waals surface area contributed by atoms with Gasteiger partial charge in [-0.25, -0.2) is 9.97 Å². The molecule has 3 aromatic rings. The fourth-order valence-corrected chi connectivity index (χ4v) is 3.31. The van der Waals surface area contributed by atoms with Gasteiger partial charge in [-0.1, -0.05) is 30.1 Å². The van der Waals surface area contributed by atoms with Gasteiger partial charge >= 0.3 is 0 Å². The number of hydrogen-bond donors (Lipinski definition) is 3. The molecule has 0 aliphatic heterocycles. The summed E-state index contributed by atoms with van der Waals surface area (Å²) in [6, 6.07) is 12.0. The molecule has 138 valence electrons. The first-order chi connectivity index (χ1) is 13.1. The van der Waals surface area contributed by atoms with Crippen LogP contribution in [0.4, 0.5) is 11.4 Å². The number of nitrogens with two attached hydrogens (primary N) is 2. The Labute approximate surface area is 162 Å². The Kier molecular flexibility index (Phi) is 5.93. The zero-order valence-electron chi connectivity index (χ0n) is 15.0. The first-order valence-corrected chi connectivity index (χ1v) is 9.66. The molecule has 0 aliphatic carbocycles. The molecule has 0 radical (unpaired) electrons. The zero-order chi connectivity index (χ0) is 19.2. The van der Waals surface area contributed by atoms with E-state index in [9.17, 15) is 4.79 Å². The highest BCUT2D eigenvalue weighted by atomic mass is 32.2. The monoisotopic (exact) mass is 379 g/mol. The quantitative estimate of drug-likeness (QED) is 0.428. The number of benzene rings is 2. The number of amides is 1. The van der Waals surface area contributed by atoms with Gasteiger partial charge in [-0.2, -0.15) is 0 Å². The Balaban J connectivity index is 2.07. The van der Waals surface area contributed by atoms with Crippen LogP contribution in [0.1, 0.15) is 12.0 Å². The second-order valence-electron chi connectivity index (χ2n) is 6.12. The normalized spacial score (nSPS) is 10.6. The predicted octanol–water partition coefficient (Wildman–Crippen LogP) is 3.50. The van der Waals surface area contributed by atoms with Gasteiger partial charge in [0.05, 0.1) is 0 Å². The molecule has 27 heavy (non-hydrogen) atoms. The standard InChI is InChI=1S/C20H21N5OS/c1-27-25-18-8-15(7-17(21)9-18)19-4-2-13(16-10-23-12-24-11-16)6-14(19)3-5-20(22)26/h2,4,6-12,25H,3,5,21H2,1H3,(H2,22,26). The third kappa shape index (κ3) is 4.77. The van der Waals surface area contributed by atoms with Crippen molar-refractivity contribution < 1.29 is 4.79 Å². The smallest absolute Gasteiger partial charge is 0.217 e. The van der Waals surface area contributed by atoms with Crippen LogP contribution in [0.25, 0.3) is 22.3 Å². The molecule has 3 rings (SSSR count). The van der Waals surface area contributed by atoms with Gasteiger partial charge in [0, 0.05) is 42.0 Å². The van der Waals surface area contributed by atoms with E-state index in [0.717, 1.165) is 33.5 Å². The molecule has 0 atom stereocenters. The molecule has 0 bridgehead atoms. The van der Waals surface area contributed by atoms with E-state index in [1.54, 1.807) is 12.4 Å². The molecule has 1 amide bonds. The van der Waals surface area contributed by atoms with E-state index >= 15 is 0 Å². The van der Waals surface area contributed by atoms with E-state index in [1.165, 1.54) is 18.3 Å². The van der Waals surface area contributed by atoms with Gasteiger partial charge in [0.25, 0.3) is 0 Å². The molecular weight excluding hydrogens is 358 g/mol. The third-order valence-electron chi connectivity index (χ3n) is 4.13. The SMILES string of the molecule is CSNc1cc(N)cc(-c2ccc(-c3cncnc3)cc2CCC(N)=O)c1. The minimum absolute atomic E-state index is 0.278. The van der Waals surface area contributed by atoms with Crippen LogP contribution in [0.2, 0.25) is 0 Å². The number of nitrogens with one attached hydrogen (secondary N) is 1. The average Bonchev–Trinajstić information content (AvgIpc) is 2.66. The molecule has 0 saturated heterocycles. The van der Waals surface area contributed by atoms with Crippen LogP contribution < -0.4 is 16.2 Å². The van der Waals surface area contributed by atoms with Crippen LogP contribution in [0, 0.1) is 0 Å². The number of aromatic nitrogens is 2.